The lowest BCUT2D eigenvalue weighted by Gasteiger charge is -2.08. The van der Waals surface area contributed by atoms with Crippen molar-refractivity contribution in [3.8, 4) is 12.1 Å². The predicted octanol–water partition coefficient (Wildman–Crippen LogP) is 2.33. The number of hydrogen-bond donors (Lipinski definition) is 1. The molecular formula is C11H12ClN5. The maximum Gasteiger partial charge on any atom is 0.179 e. The number of nitrogens with one attached hydrogen (secondary N) is 1. The summed E-state index contributed by atoms with van der Waals surface area (Å²) in [6.45, 7) is 4.91. The molecule has 17 heavy (non-hydrogen) atoms. The summed E-state index contributed by atoms with van der Waals surface area (Å²) < 4.78 is 0. The van der Waals surface area contributed by atoms with E-state index in [2.05, 4.69) is 29.1 Å². The van der Waals surface area contributed by atoms with Crippen molar-refractivity contribution in [2.45, 2.75) is 20.3 Å². The highest BCUT2D eigenvalue weighted by Crippen LogP contribution is 2.18. The first-order valence-electron chi connectivity index (χ1n) is 5.20. The molecule has 0 fully saturated rings. The van der Waals surface area contributed by atoms with Crippen molar-refractivity contribution < 1.29 is 0 Å². The van der Waals surface area contributed by atoms with Gasteiger partial charge in [0.15, 0.2) is 22.4 Å². The molecule has 0 saturated heterocycles. The van der Waals surface area contributed by atoms with Crippen LogP contribution in [0.1, 0.15) is 31.7 Å². The van der Waals surface area contributed by atoms with Crippen molar-refractivity contribution in [1.82, 2.24) is 9.97 Å². The van der Waals surface area contributed by atoms with E-state index in [1.807, 2.05) is 6.07 Å². The van der Waals surface area contributed by atoms with Crippen LogP contribution in [0.2, 0.25) is 5.15 Å². The lowest BCUT2D eigenvalue weighted by Crippen LogP contribution is -2.09. The van der Waals surface area contributed by atoms with Crippen molar-refractivity contribution >= 4 is 17.4 Å². The van der Waals surface area contributed by atoms with Gasteiger partial charge < -0.3 is 5.32 Å². The lowest BCUT2D eigenvalue weighted by molar-refractivity contribution is 0.606. The third-order valence-corrected chi connectivity index (χ3v) is 2.34. The molecule has 5 nitrogen and oxygen atoms in total. The summed E-state index contributed by atoms with van der Waals surface area (Å²) in [6, 6.07) is 3.60. The number of nitrogens with zero attached hydrogens (tertiary/aromatic N) is 4. The summed E-state index contributed by atoms with van der Waals surface area (Å²) in [7, 11) is 0. The van der Waals surface area contributed by atoms with E-state index in [-0.39, 0.29) is 16.5 Å². The van der Waals surface area contributed by atoms with E-state index >= 15 is 0 Å². The first-order chi connectivity index (χ1) is 8.08. The SMILES string of the molecule is CC(C)CCNc1nc(C#N)c(C#N)nc1Cl. The van der Waals surface area contributed by atoms with Gasteiger partial charge in [-0.3, -0.25) is 0 Å². The number of hydrogen-bond acceptors (Lipinski definition) is 5. The number of rotatable bonds is 4. The number of aromatic nitrogens is 2. The third-order valence-electron chi connectivity index (χ3n) is 2.08. The molecule has 1 aromatic rings. The van der Waals surface area contributed by atoms with Crippen LogP contribution in [-0.2, 0) is 0 Å². The van der Waals surface area contributed by atoms with Crippen molar-refractivity contribution in [3.05, 3.63) is 16.5 Å². The second kappa shape index (κ2) is 6.03. The van der Waals surface area contributed by atoms with Gasteiger partial charge in [-0.15, -0.1) is 0 Å². The predicted molar refractivity (Wildman–Crippen MR) is 64.4 cm³/mol. The molecule has 1 rings (SSSR count). The van der Waals surface area contributed by atoms with Crippen LogP contribution in [0.4, 0.5) is 5.82 Å². The van der Waals surface area contributed by atoms with Gasteiger partial charge in [-0.05, 0) is 12.3 Å². The Hall–Kier alpha value is -1.85. The molecule has 0 aromatic carbocycles. The molecule has 1 aromatic heterocycles. The largest absolute Gasteiger partial charge is 0.367 e. The summed E-state index contributed by atoms with van der Waals surface area (Å²) >= 11 is 5.86. The molecule has 0 radical (unpaired) electrons. The highest BCUT2D eigenvalue weighted by molar-refractivity contribution is 6.31. The Morgan fingerprint density at radius 2 is 1.82 bits per heavy atom. The molecular weight excluding hydrogens is 238 g/mol. The molecule has 0 aliphatic heterocycles. The summed E-state index contributed by atoms with van der Waals surface area (Å²) in [5.74, 6) is 0.908. The van der Waals surface area contributed by atoms with Crippen LogP contribution in [-0.4, -0.2) is 16.5 Å². The topological polar surface area (TPSA) is 85.4 Å². The summed E-state index contributed by atoms with van der Waals surface area (Å²) in [4.78, 5) is 7.79. The van der Waals surface area contributed by atoms with Gasteiger partial charge in [0.25, 0.3) is 0 Å². The average molecular weight is 250 g/mol. The van der Waals surface area contributed by atoms with Crippen LogP contribution in [0.5, 0.6) is 0 Å². The third kappa shape index (κ3) is 3.58. The Morgan fingerprint density at radius 3 is 2.35 bits per heavy atom. The van der Waals surface area contributed by atoms with E-state index < -0.39 is 0 Å². The van der Waals surface area contributed by atoms with Gasteiger partial charge in [-0.1, -0.05) is 25.4 Å². The maximum atomic E-state index is 8.80. The Morgan fingerprint density at radius 1 is 1.24 bits per heavy atom. The van der Waals surface area contributed by atoms with Crippen LogP contribution in [0, 0.1) is 28.6 Å². The van der Waals surface area contributed by atoms with E-state index in [9.17, 15) is 0 Å². The van der Waals surface area contributed by atoms with Crippen LogP contribution in [0.15, 0.2) is 0 Å². The van der Waals surface area contributed by atoms with Crippen LogP contribution >= 0.6 is 11.6 Å². The Bertz CT molecular complexity index is 484. The molecule has 0 unspecified atom stereocenters. The quantitative estimate of drug-likeness (QED) is 0.885. The maximum absolute atomic E-state index is 8.80. The number of anilines is 1. The molecule has 0 amide bonds. The minimum Gasteiger partial charge on any atom is -0.367 e. The molecule has 0 atom stereocenters. The van der Waals surface area contributed by atoms with Crippen LogP contribution in [0.25, 0.3) is 0 Å². The van der Waals surface area contributed by atoms with Crippen molar-refractivity contribution in [3.63, 3.8) is 0 Å². The molecule has 6 heteroatoms. The smallest absolute Gasteiger partial charge is 0.179 e. The highest BCUT2D eigenvalue weighted by atomic mass is 35.5. The zero-order valence-corrected chi connectivity index (χ0v) is 10.4. The fourth-order valence-electron chi connectivity index (χ4n) is 1.16. The molecule has 0 aliphatic rings. The fourth-order valence-corrected chi connectivity index (χ4v) is 1.36. The Balaban J connectivity index is 2.88. The van der Waals surface area contributed by atoms with Crippen molar-refractivity contribution in [2.75, 3.05) is 11.9 Å². The first kappa shape index (κ1) is 13.2. The molecule has 0 bridgehead atoms. The van der Waals surface area contributed by atoms with E-state index in [0.29, 0.717) is 18.3 Å². The summed E-state index contributed by atoms with van der Waals surface area (Å²) in [6.07, 6.45) is 0.958. The second-order valence-corrected chi connectivity index (χ2v) is 4.25. The molecule has 88 valence electrons. The molecule has 0 aliphatic carbocycles. The van der Waals surface area contributed by atoms with Gasteiger partial charge >= 0.3 is 0 Å². The van der Waals surface area contributed by atoms with Gasteiger partial charge in [0, 0.05) is 6.54 Å². The molecule has 1 N–H and O–H groups in total. The van der Waals surface area contributed by atoms with Gasteiger partial charge in [0.1, 0.15) is 12.1 Å². The summed E-state index contributed by atoms with van der Waals surface area (Å²) in [5.41, 5.74) is -0.0594. The van der Waals surface area contributed by atoms with Gasteiger partial charge in [-0.2, -0.15) is 10.5 Å². The van der Waals surface area contributed by atoms with Gasteiger partial charge in [0.2, 0.25) is 0 Å². The highest BCUT2D eigenvalue weighted by Gasteiger charge is 2.11. The van der Waals surface area contributed by atoms with Crippen molar-refractivity contribution in [1.29, 1.82) is 10.5 Å². The fraction of sp³-hybridized carbons (Fsp3) is 0.455. The van der Waals surface area contributed by atoms with Gasteiger partial charge in [0.05, 0.1) is 0 Å². The number of halogens is 1. The van der Waals surface area contributed by atoms with Gasteiger partial charge in [-0.25, -0.2) is 9.97 Å². The first-order valence-corrected chi connectivity index (χ1v) is 5.58. The lowest BCUT2D eigenvalue weighted by atomic mass is 10.1. The van der Waals surface area contributed by atoms with Crippen LogP contribution in [0.3, 0.4) is 0 Å². The van der Waals surface area contributed by atoms with E-state index in [0.717, 1.165) is 6.42 Å². The monoisotopic (exact) mass is 249 g/mol. The van der Waals surface area contributed by atoms with E-state index in [4.69, 9.17) is 22.1 Å². The molecule has 0 spiro atoms. The minimum absolute atomic E-state index is 0.0102. The van der Waals surface area contributed by atoms with Crippen molar-refractivity contribution in [2.24, 2.45) is 5.92 Å². The normalized spacial score (nSPS) is 9.76. The van der Waals surface area contributed by atoms with E-state index in [1.165, 1.54) is 0 Å². The second-order valence-electron chi connectivity index (χ2n) is 3.89. The van der Waals surface area contributed by atoms with Crippen LogP contribution < -0.4 is 5.32 Å². The average Bonchev–Trinajstić information content (AvgIpc) is 2.30. The Labute approximate surface area is 105 Å². The molecule has 1 heterocycles. The summed E-state index contributed by atoms with van der Waals surface area (Å²) in [5, 5.41) is 20.7. The number of nitriles is 2. The zero-order chi connectivity index (χ0) is 12.8. The molecule has 0 saturated carbocycles. The minimum atomic E-state index is -0.0492. The standard InChI is InChI=1S/C11H12ClN5/c1-7(2)3-4-15-11-10(12)16-8(5-13)9(6-14)17-11/h7H,3-4H2,1-2H3,(H,15,17). The van der Waals surface area contributed by atoms with E-state index in [1.54, 1.807) is 6.07 Å². The Kier molecular flexibility index (Phi) is 4.68. The zero-order valence-electron chi connectivity index (χ0n) is 9.66.